The molecule has 0 saturated heterocycles. The third kappa shape index (κ3) is 9.53. The Bertz CT molecular complexity index is 425. The van der Waals surface area contributed by atoms with Crippen LogP contribution in [0, 0.1) is 5.92 Å². The summed E-state index contributed by atoms with van der Waals surface area (Å²) in [6, 6.07) is 0. The van der Waals surface area contributed by atoms with Crippen molar-refractivity contribution in [3.8, 4) is 0 Å². The maximum Gasteiger partial charge on any atom is 0.331 e. The van der Waals surface area contributed by atoms with Crippen molar-refractivity contribution in [2.75, 3.05) is 0 Å². The minimum atomic E-state index is -0.686. The number of ether oxygens (including phenoxy) is 1. The molecule has 4 nitrogen and oxygen atoms in total. The van der Waals surface area contributed by atoms with Gasteiger partial charge >= 0.3 is 11.9 Å². The van der Waals surface area contributed by atoms with Gasteiger partial charge in [0.15, 0.2) is 0 Å². The summed E-state index contributed by atoms with van der Waals surface area (Å²) in [5.41, 5.74) is 0. The predicted molar refractivity (Wildman–Crippen MR) is 95.7 cm³/mol. The molecule has 0 saturated carbocycles. The first-order valence-corrected chi connectivity index (χ1v) is 9.37. The second-order valence-corrected chi connectivity index (χ2v) is 6.56. The molecule has 136 valence electrons. The fourth-order valence-corrected chi connectivity index (χ4v) is 3.10. The molecule has 2 atom stereocenters. The number of carboxylic acids is 1. The second kappa shape index (κ2) is 12.8. The van der Waals surface area contributed by atoms with Gasteiger partial charge in [0.2, 0.25) is 0 Å². The van der Waals surface area contributed by atoms with Crippen molar-refractivity contribution in [3.63, 3.8) is 0 Å². The van der Waals surface area contributed by atoms with Crippen molar-refractivity contribution in [2.24, 2.45) is 5.92 Å². The SMILES string of the molecule is C/C=C/[C@@H]1OC(=O)C=C[C@@H]1CCCCCCCCCCCC(=O)O. The van der Waals surface area contributed by atoms with Crippen LogP contribution in [-0.2, 0) is 14.3 Å². The molecule has 0 fully saturated rings. The van der Waals surface area contributed by atoms with Crippen molar-refractivity contribution in [3.05, 3.63) is 24.3 Å². The van der Waals surface area contributed by atoms with Crippen LogP contribution < -0.4 is 0 Å². The molecule has 0 spiro atoms. The first-order chi connectivity index (χ1) is 11.6. The zero-order valence-corrected chi connectivity index (χ0v) is 14.9. The van der Waals surface area contributed by atoms with Crippen LogP contribution in [0.25, 0.3) is 0 Å². The van der Waals surface area contributed by atoms with Gasteiger partial charge < -0.3 is 9.84 Å². The number of carbonyl (C=O) groups is 2. The Morgan fingerprint density at radius 2 is 1.67 bits per heavy atom. The highest BCUT2D eigenvalue weighted by Gasteiger charge is 2.23. The third-order valence-corrected chi connectivity index (χ3v) is 4.46. The number of cyclic esters (lactones) is 1. The van der Waals surface area contributed by atoms with Crippen molar-refractivity contribution < 1.29 is 19.4 Å². The number of aliphatic carboxylic acids is 1. The molecule has 1 heterocycles. The molecule has 0 aromatic rings. The molecule has 0 aliphatic carbocycles. The van der Waals surface area contributed by atoms with Gasteiger partial charge in [-0.2, -0.15) is 0 Å². The van der Waals surface area contributed by atoms with Crippen molar-refractivity contribution >= 4 is 11.9 Å². The number of carboxylic acid groups (broad SMARTS) is 1. The van der Waals surface area contributed by atoms with E-state index in [-0.39, 0.29) is 12.1 Å². The number of esters is 1. The van der Waals surface area contributed by atoms with E-state index in [1.807, 2.05) is 25.2 Å². The Morgan fingerprint density at radius 3 is 2.25 bits per heavy atom. The molecule has 0 radical (unpaired) electrons. The lowest BCUT2D eigenvalue weighted by Gasteiger charge is -2.25. The van der Waals surface area contributed by atoms with Crippen LogP contribution in [0.5, 0.6) is 0 Å². The number of allylic oxidation sites excluding steroid dienone is 1. The van der Waals surface area contributed by atoms with Crippen LogP contribution in [0.15, 0.2) is 24.3 Å². The third-order valence-electron chi connectivity index (χ3n) is 4.46. The molecular formula is C20H32O4. The van der Waals surface area contributed by atoms with Gasteiger partial charge in [0.25, 0.3) is 0 Å². The molecule has 1 rings (SSSR count). The van der Waals surface area contributed by atoms with Gasteiger partial charge in [-0.05, 0) is 25.8 Å². The smallest absolute Gasteiger partial charge is 0.331 e. The molecule has 0 aromatic carbocycles. The summed E-state index contributed by atoms with van der Waals surface area (Å²) in [7, 11) is 0. The number of hydrogen-bond acceptors (Lipinski definition) is 3. The Balaban J connectivity index is 1.99. The van der Waals surface area contributed by atoms with Crippen LogP contribution >= 0.6 is 0 Å². The summed E-state index contributed by atoms with van der Waals surface area (Å²) >= 11 is 0. The molecule has 24 heavy (non-hydrogen) atoms. The Kier molecular flexibility index (Phi) is 10.9. The van der Waals surface area contributed by atoms with Crippen LogP contribution in [0.4, 0.5) is 0 Å². The van der Waals surface area contributed by atoms with Crippen LogP contribution in [0.1, 0.15) is 77.6 Å². The summed E-state index contributed by atoms with van der Waals surface area (Å²) in [6.07, 6.45) is 19.1. The minimum absolute atomic E-state index is 0.0988. The molecule has 1 aliphatic rings. The van der Waals surface area contributed by atoms with E-state index in [4.69, 9.17) is 9.84 Å². The zero-order chi connectivity index (χ0) is 17.6. The summed E-state index contributed by atoms with van der Waals surface area (Å²) < 4.78 is 5.35. The summed E-state index contributed by atoms with van der Waals surface area (Å²) in [6.45, 7) is 1.95. The van der Waals surface area contributed by atoms with Gasteiger partial charge in [-0.3, -0.25) is 4.79 Å². The number of unbranched alkanes of at least 4 members (excludes halogenated alkanes) is 8. The largest absolute Gasteiger partial charge is 0.481 e. The number of carbonyl (C=O) groups excluding carboxylic acids is 1. The van der Waals surface area contributed by atoms with Crippen LogP contribution in [0.2, 0.25) is 0 Å². The lowest BCUT2D eigenvalue weighted by Crippen LogP contribution is -2.27. The molecule has 4 heteroatoms. The Labute approximate surface area is 146 Å². The van der Waals surface area contributed by atoms with Gasteiger partial charge in [-0.25, -0.2) is 4.79 Å². The number of rotatable bonds is 13. The van der Waals surface area contributed by atoms with Crippen LogP contribution in [0.3, 0.4) is 0 Å². The molecular weight excluding hydrogens is 304 g/mol. The van der Waals surface area contributed by atoms with E-state index in [0.29, 0.717) is 12.3 Å². The molecule has 0 aromatic heterocycles. The lowest BCUT2D eigenvalue weighted by atomic mass is 9.92. The quantitative estimate of drug-likeness (QED) is 0.291. The van der Waals surface area contributed by atoms with Gasteiger partial charge in [0, 0.05) is 18.4 Å². The van der Waals surface area contributed by atoms with Crippen molar-refractivity contribution in [1.82, 2.24) is 0 Å². The Morgan fingerprint density at radius 1 is 1.08 bits per heavy atom. The maximum atomic E-state index is 11.3. The molecule has 0 amide bonds. The highest BCUT2D eigenvalue weighted by Crippen LogP contribution is 2.23. The zero-order valence-electron chi connectivity index (χ0n) is 14.9. The molecule has 0 unspecified atom stereocenters. The number of hydrogen-bond donors (Lipinski definition) is 1. The average molecular weight is 336 g/mol. The summed E-state index contributed by atoms with van der Waals surface area (Å²) in [5, 5.41) is 8.56. The van der Waals surface area contributed by atoms with Gasteiger partial charge in [0.1, 0.15) is 6.10 Å². The van der Waals surface area contributed by atoms with Crippen molar-refractivity contribution in [1.29, 1.82) is 0 Å². The highest BCUT2D eigenvalue weighted by atomic mass is 16.5. The fraction of sp³-hybridized carbons (Fsp3) is 0.700. The van der Waals surface area contributed by atoms with E-state index in [0.717, 1.165) is 25.7 Å². The fourth-order valence-electron chi connectivity index (χ4n) is 3.10. The predicted octanol–water partition coefficient (Wildman–Crippen LogP) is 5.04. The van der Waals surface area contributed by atoms with Crippen LogP contribution in [-0.4, -0.2) is 23.1 Å². The normalized spacial score (nSPS) is 20.5. The molecule has 1 aliphatic heterocycles. The molecule has 0 bridgehead atoms. The van der Waals surface area contributed by atoms with Gasteiger partial charge in [-0.15, -0.1) is 0 Å². The van der Waals surface area contributed by atoms with Gasteiger partial charge in [-0.1, -0.05) is 63.5 Å². The standard InChI is InChI=1S/C20H32O4/c1-2-12-18-17(15-16-20(23)24-18)13-10-8-6-4-3-5-7-9-11-14-19(21)22/h2,12,15-18H,3-11,13-14H2,1H3,(H,21,22)/b12-2+/t17-,18-/m0/s1. The molecule has 1 N–H and O–H groups in total. The van der Waals surface area contributed by atoms with E-state index in [1.54, 1.807) is 6.08 Å². The van der Waals surface area contributed by atoms with E-state index >= 15 is 0 Å². The highest BCUT2D eigenvalue weighted by molar-refractivity contribution is 5.83. The topological polar surface area (TPSA) is 63.6 Å². The van der Waals surface area contributed by atoms with Gasteiger partial charge in [0.05, 0.1) is 0 Å². The van der Waals surface area contributed by atoms with E-state index in [2.05, 4.69) is 0 Å². The minimum Gasteiger partial charge on any atom is -0.481 e. The first kappa shape index (κ1) is 20.5. The maximum absolute atomic E-state index is 11.3. The average Bonchev–Trinajstić information content (AvgIpc) is 2.54. The summed E-state index contributed by atoms with van der Waals surface area (Å²) in [4.78, 5) is 21.7. The Hall–Kier alpha value is -1.58. The van der Waals surface area contributed by atoms with Crippen molar-refractivity contribution in [2.45, 2.75) is 83.7 Å². The lowest BCUT2D eigenvalue weighted by molar-refractivity contribution is -0.144. The van der Waals surface area contributed by atoms with E-state index in [1.165, 1.54) is 38.5 Å². The monoisotopic (exact) mass is 336 g/mol. The first-order valence-electron chi connectivity index (χ1n) is 9.37. The van der Waals surface area contributed by atoms with E-state index in [9.17, 15) is 9.59 Å². The summed E-state index contributed by atoms with van der Waals surface area (Å²) in [5.74, 6) is -0.611. The second-order valence-electron chi connectivity index (χ2n) is 6.56. The van der Waals surface area contributed by atoms with E-state index < -0.39 is 5.97 Å².